The van der Waals surface area contributed by atoms with Gasteiger partial charge in [-0.25, -0.2) is 0 Å². The molecular formula is C12H13Cl2N3O. The van der Waals surface area contributed by atoms with Crippen LogP contribution in [0.1, 0.15) is 11.4 Å². The van der Waals surface area contributed by atoms with Crippen molar-refractivity contribution in [2.24, 2.45) is 0 Å². The predicted molar refractivity (Wildman–Crippen MR) is 71.2 cm³/mol. The van der Waals surface area contributed by atoms with E-state index < -0.39 is 0 Å². The molecule has 0 atom stereocenters. The van der Waals surface area contributed by atoms with Gasteiger partial charge < -0.3 is 9.30 Å². The molecule has 6 heteroatoms. The minimum Gasteiger partial charge on any atom is -0.383 e. The molecule has 0 bridgehead atoms. The monoisotopic (exact) mass is 285 g/mol. The summed E-state index contributed by atoms with van der Waals surface area (Å²) in [7, 11) is 1.67. The molecule has 0 aliphatic carbocycles. The fourth-order valence-electron chi connectivity index (χ4n) is 1.62. The Hall–Kier alpha value is -1.10. The Labute approximate surface area is 115 Å². The lowest BCUT2D eigenvalue weighted by Crippen LogP contribution is -2.08. The van der Waals surface area contributed by atoms with Crippen LogP contribution < -0.4 is 0 Å². The van der Waals surface area contributed by atoms with E-state index in [0.717, 1.165) is 17.9 Å². The van der Waals surface area contributed by atoms with E-state index in [2.05, 4.69) is 10.2 Å². The Balaban J connectivity index is 2.13. The molecule has 4 nitrogen and oxygen atoms in total. The molecule has 0 saturated heterocycles. The van der Waals surface area contributed by atoms with Gasteiger partial charge in [-0.3, -0.25) is 0 Å². The summed E-state index contributed by atoms with van der Waals surface area (Å²) in [5, 5.41) is 9.12. The van der Waals surface area contributed by atoms with Crippen molar-refractivity contribution in [2.45, 2.75) is 13.0 Å². The van der Waals surface area contributed by atoms with Gasteiger partial charge in [0.2, 0.25) is 0 Å². The molecule has 0 radical (unpaired) electrons. The van der Waals surface area contributed by atoms with E-state index in [9.17, 15) is 0 Å². The second-order valence-electron chi connectivity index (χ2n) is 3.86. The Morgan fingerprint density at radius 2 is 2.11 bits per heavy atom. The first-order valence-electron chi connectivity index (χ1n) is 5.50. The smallest absolute Gasteiger partial charge is 0.137 e. The van der Waals surface area contributed by atoms with E-state index in [0.29, 0.717) is 23.1 Å². The number of halogens is 2. The molecule has 0 saturated carbocycles. The van der Waals surface area contributed by atoms with Crippen LogP contribution in [0.4, 0.5) is 0 Å². The van der Waals surface area contributed by atoms with Crippen LogP contribution in [0.3, 0.4) is 0 Å². The van der Waals surface area contributed by atoms with Gasteiger partial charge in [-0.2, -0.15) is 0 Å². The maximum atomic E-state index is 5.98. The van der Waals surface area contributed by atoms with Crippen LogP contribution in [-0.4, -0.2) is 28.5 Å². The highest BCUT2D eigenvalue weighted by Gasteiger charge is 2.07. The Bertz CT molecular complexity index is 528. The molecule has 0 unspecified atom stereocenters. The fourth-order valence-corrected chi connectivity index (χ4v) is 1.95. The van der Waals surface area contributed by atoms with Crippen molar-refractivity contribution in [1.82, 2.24) is 14.8 Å². The zero-order valence-corrected chi connectivity index (χ0v) is 11.4. The Morgan fingerprint density at radius 3 is 2.83 bits per heavy atom. The number of hydrogen-bond donors (Lipinski definition) is 0. The van der Waals surface area contributed by atoms with Gasteiger partial charge in [0.1, 0.15) is 12.2 Å². The third-order valence-electron chi connectivity index (χ3n) is 2.58. The summed E-state index contributed by atoms with van der Waals surface area (Å²) in [5.74, 6) is 0.880. The number of methoxy groups -OCH3 is 1. The summed E-state index contributed by atoms with van der Waals surface area (Å²) in [6.45, 7) is 1.37. The quantitative estimate of drug-likeness (QED) is 0.848. The van der Waals surface area contributed by atoms with Crippen molar-refractivity contribution in [3.63, 3.8) is 0 Å². The molecule has 0 aliphatic rings. The lowest BCUT2D eigenvalue weighted by molar-refractivity contribution is 0.186. The lowest BCUT2D eigenvalue weighted by Gasteiger charge is -2.06. The molecule has 1 heterocycles. The summed E-state index contributed by atoms with van der Waals surface area (Å²) in [6, 6.07) is 5.57. The maximum Gasteiger partial charge on any atom is 0.137 e. The Kier molecular flexibility index (Phi) is 4.58. The van der Waals surface area contributed by atoms with Crippen LogP contribution in [-0.2, 0) is 17.7 Å². The molecular weight excluding hydrogens is 273 g/mol. The third kappa shape index (κ3) is 3.22. The van der Waals surface area contributed by atoms with Gasteiger partial charge in [0.15, 0.2) is 0 Å². The van der Waals surface area contributed by atoms with E-state index >= 15 is 0 Å². The third-order valence-corrected chi connectivity index (χ3v) is 3.32. The van der Waals surface area contributed by atoms with Gasteiger partial charge in [0.05, 0.1) is 16.7 Å². The lowest BCUT2D eigenvalue weighted by atomic mass is 10.1. The number of benzene rings is 1. The van der Waals surface area contributed by atoms with Crippen LogP contribution in [0.5, 0.6) is 0 Å². The van der Waals surface area contributed by atoms with Gasteiger partial charge in [-0.1, -0.05) is 29.3 Å². The topological polar surface area (TPSA) is 39.9 Å². The number of aromatic nitrogens is 3. The molecule has 0 aliphatic heterocycles. The van der Waals surface area contributed by atoms with E-state index in [1.807, 2.05) is 16.7 Å². The molecule has 0 amide bonds. The molecule has 96 valence electrons. The largest absolute Gasteiger partial charge is 0.383 e. The van der Waals surface area contributed by atoms with Gasteiger partial charge >= 0.3 is 0 Å². The maximum absolute atomic E-state index is 5.98. The minimum atomic E-state index is 0.553. The molecule has 1 aromatic heterocycles. The van der Waals surface area contributed by atoms with Crippen molar-refractivity contribution in [3.8, 4) is 0 Å². The molecule has 2 rings (SSSR count). The molecule has 0 spiro atoms. The highest BCUT2D eigenvalue weighted by atomic mass is 35.5. The van der Waals surface area contributed by atoms with Crippen molar-refractivity contribution in [2.75, 3.05) is 13.7 Å². The van der Waals surface area contributed by atoms with Crippen molar-refractivity contribution < 1.29 is 4.74 Å². The fraction of sp³-hybridized carbons (Fsp3) is 0.333. The molecule has 2 aromatic rings. The molecule has 0 fully saturated rings. The second-order valence-corrected chi connectivity index (χ2v) is 4.67. The van der Waals surface area contributed by atoms with Gasteiger partial charge in [-0.05, 0) is 17.7 Å². The van der Waals surface area contributed by atoms with E-state index in [1.165, 1.54) is 0 Å². The number of ether oxygens (including phenoxy) is 1. The number of hydrogen-bond acceptors (Lipinski definition) is 3. The summed E-state index contributed by atoms with van der Waals surface area (Å²) in [6.07, 6.45) is 2.37. The summed E-state index contributed by atoms with van der Waals surface area (Å²) in [4.78, 5) is 0. The number of nitrogens with zero attached hydrogens (tertiary/aromatic N) is 3. The molecule has 18 heavy (non-hydrogen) atoms. The first-order chi connectivity index (χ1) is 8.70. The zero-order valence-electron chi connectivity index (χ0n) is 9.94. The highest BCUT2D eigenvalue weighted by Crippen LogP contribution is 2.23. The van der Waals surface area contributed by atoms with Gasteiger partial charge in [-0.15, -0.1) is 10.2 Å². The van der Waals surface area contributed by atoms with Crippen molar-refractivity contribution >= 4 is 23.2 Å². The normalized spacial score (nSPS) is 10.8. The Morgan fingerprint density at radius 1 is 1.28 bits per heavy atom. The first kappa shape index (κ1) is 13.3. The summed E-state index contributed by atoms with van der Waals surface area (Å²) < 4.78 is 7.00. The zero-order chi connectivity index (χ0) is 13.0. The van der Waals surface area contributed by atoms with Crippen LogP contribution in [0, 0.1) is 0 Å². The van der Waals surface area contributed by atoms with Crippen molar-refractivity contribution in [1.29, 1.82) is 0 Å². The van der Waals surface area contributed by atoms with Gasteiger partial charge in [0.25, 0.3) is 0 Å². The van der Waals surface area contributed by atoms with E-state index in [1.54, 1.807) is 19.5 Å². The first-order valence-corrected chi connectivity index (χ1v) is 6.26. The van der Waals surface area contributed by atoms with Crippen LogP contribution in [0.15, 0.2) is 24.5 Å². The minimum absolute atomic E-state index is 0.553. The average molecular weight is 286 g/mol. The van der Waals surface area contributed by atoms with E-state index in [-0.39, 0.29) is 0 Å². The van der Waals surface area contributed by atoms with E-state index in [4.69, 9.17) is 27.9 Å². The summed E-state index contributed by atoms with van der Waals surface area (Å²) >= 11 is 11.9. The molecule has 1 aromatic carbocycles. The predicted octanol–water partition coefficient (Wildman–Crippen LogP) is 2.82. The van der Waals surface area contributed by atoms with Crippen LogP contribution in [0.25, 0.3) is 0 Å². The average Bonchev–Trinajstić information content (AvgIpc) is 2.79. The van der Waals surface area contributed by atoms with Crippen LogP contribution >= 0.6 is 23.2 Å². The summed E-state index contributed by atoms with van der Waals surface area (Å²) in [5.41, 5.74) is 1.05. The number of rotatable bonds is 5. The SMILES string of the molecule is COCCn1cnnc1Cc1ccc(Cl)c(Cl)c1. The second kappa shape index (κ2) is 6.18. The molecule has 0 N–H and O–H groups in total. The standard InChI is InChI=1S/C12H13Cl2N3O/c1-18-5-4-17-8-15-16-12(17)7-9-2-3-10(13)11(14)6-9/h2-3,6,8H,4-5,7H2,1H3. The van der Waals surface area contributed by atoms with Crippen LogP contribution in [0.2, 0.25) is 10.0 Å². The van der Waals surface area contributed by atoms with Crippen molar-refractivity contribution in [3.05, 3.63) is 46.0 Å². The van der Waals surface area contributed by atoms with Gasteiger partial charge in [0, 0.05) is 20.1 Å². The highest BCUT2D eigenvalue weighted by molar-refractivity contribution is 6.42.